The van der Waals surface area contributed by atoms with Crippen LogP contribution in [0.15, 0.2) is 24.3 Å². The van der Waals surface area contributed by atoms with E-state index < -0.39 is 0 Å². The summed E-state index contributed by atoms with van der Waals surface area (Å²) in [4.78, 5) is 10.7. The lowest BCUT2D eigenvalue weighted by Crippen LogP contribution is -2.17. The largest absolute Gasteiger partial charge is 0.494 e. The van der Waals surface area contributed by atoms with Crippen molar-refractivity contribution in [1.82, 2.24) is 0 Å². The summed E-state index contributed by atoms with van der Waals surface area (Å²) in [6.07, 6.45) is 2.24. The first-order valence-electron chi connectivity index (χ1n) is 6.04. The molecule has 0 aliphatic rings. The lowest BCUT2D eigenvalue weighted by atomic mass is 10.1. The van der Waals surface area contributed by atoms with E-state index in [2.05, 4.69) is 0 Å². The van der Waals surface area contributed by atoms with Crippen LogP contribution in [0.1, 0.15) is 32.3 Å². The number of nitrogens with two attached hydrogens (primary N) is 1. The molecular formula is C14H21NO2. The van der Waals surface area contributed by atoms with Crippen LogP contribution in [0.3, 0.4) is 0 Å². The fourth-order valence-corrected chi connectivity index (χ4v) is 1.60. The second-order valence-electron chi connectivity index (χ2n) is 4.48. The Labute approximate surface area is 103 Å². The van der Waals surface area contributed by atoms with E-state index in [0.717, 1.165) is 18.6 Å². The lowest BCUT2D eigenvalue weighted by Gasteiger charge is -2.08. The minimum absolute atomic E-state index is 0.178. The van der Waals surface area contributed by atoms with E-state index in [-0.39, 0.29) is 11.8 Å². The Bertz CT molecular complexity index is 344. The van der Waals surface area contributed by atoms with Crippen LogP contribution >= 0.6 is 0 Å². The van der Waals surface area contributed by atoms with Crippen LogP contribution in [0, 0.1) is 0 Å². The number of benzene rings is 1. The number of rotatable bonds is 7. The van der Waals surface area contributed by atoms with E-state index in [1.807, 2.05) is 31.2 Å². The second-order valence-corrected chi connectivity index (χ2v) is 4.48. The Kier molecular flexibility index (Phi) is 5.70. The highest BCUT2D eigenvalue weighted by Gasteiger charge is 1.99. The van der Waals surface area contributed by atoms with Crippen LogP contribution in [0.4, 0.5) is 0 Å². The van der Waals surface area contributed by atoms with Crippen LogP contribution < -0.4 is 10.5 Å². The number of Topliss-reactive ketones (excluding diaryl/α,β-unsaturated/α-hetero) is 1. The molecule has 0 aliphatic carbocycles. The highest BCUT2D eigenvalue weighted by molar-refractivity contribution is 5.75. The number of carbonyl (C=O) groups is 1. The third-order valence-corrected chi connectivity index (χ3v) is 2.42. The van der Waals surface area contributed by atoms with Gasteiger partial charge in [-0.05, 0) is 44.4 Å². The highest BCUT2D eigenvalue weighted by atomic mass is 16.5. The minimum atomic E-state index is 0.178. The maximum atomic E-state index is 10.7. The predicted octanol–water partition coefficient (Wildman–Crippen LogP) is 2.32. The van der Waals surface area contributed by atoms with Crippen molar-refractivity contribution >= 4 is 5.78 Å². The third-order valence-electron chi connectivity index (χ3n) is 2.42. The highest BCUT2D eigenvalue weighted by Crippen LogP contribution is 2.13. The molecule has 0 bridgehead atoms. The fraction of sp³-hybridized carbons (Fsp3) is 0.500. The van der Waals surface area contributed by atoms with Gasteiger partial charge in [-0.2, -0.15) is 0 Å². The molecule has 0 amide bonds. The van der Waals surface area contributed by atoms with Crippen molar-refractivity contribution in [3.8, 4) is 5.75 Å². The molecule has 2 N–H and O–H groups in total. The van der Waals surface area contributed by atoms with Gasteiger partial charge in [0.25, 0.3) is 0 Å². The average molecular weight is 235 g/mol. The molecule has 0 spiro atoms. The van der Waals surface area contributed by atoms with Gasteiger partial charge in [0, 0.05) is 12.5 Å². The SMILES string of the molecule is CC(=O)CCCOc1ccc(CC(C)N)cc1. The van der Waals surface area contributed by atoms with Crippen molar-refractivity contribution in [3.05, 3.63) is 29.8 Å². The molecule has 1 aromatic rings. The molecule has 3 nitrogen and oxygen atoms in total. The smallest absolute Gasteiger partial charge is 0.129 e. The number of hydrogen-bond donors (Lipinski definition) is 1. The molecule has 1 atom stereocenters. The number of ether oxygens (including phenoxy) is 1. The number of hydrogen-bond acceptors (Lipinski definition) is 3. The van der Waals surface area contributed by atoms with Crippen LogP contribution in [0.2, 0.25) is 0 Å². The molecule has 0 saturated heterocycles. The summed E-state index contributed by atoms with van der Waals surface area (Å²) in [5, 5.41) is 0. The van der Waals surface area contributed by atoms with Gasteiger partial charge in [-0.1, -0.05) is 12.1 Å². The lowest BCUT2D eigenvalue weighted by molar-refractivity contribution is -0.117. The molecule has 94 valence electrons. The number of ketones is 1. The van der Waals surface area contributed by atoms with E-state index in [9.17, 15) is 4.79 Å². The molecule has 0 aromatic heterocycles. The predicted molar refractivity (Wildman–Crippen MR) is 69.2 cm³/mol. The zero-order valence-electron chi connectivity index (χ0n) is 10.6. The van der Waals surface area contributed by atoms with Crippen molar-refractivity contribution in [2.45, 2.75) is 39.2 Å². The van der Waals surface area contributed by atoms with Crippen LogP contribution in [-0.2, 0) is 11.2 Å². The summed E-state index contributed by atoms with van der Waals surface area (Å²) < 4.78 is 5.53. The van der Waals surface area contributed by atoms with Crippen LogP contribution in [0.5, 0.6) is 5.75 Å². The molecule has 1 aromatic carbocycles. The first kappa shape index (κ1) is 13.7. The standard InChI is InChI=1S/C14H21NO2/c1-11(15)10-13-5-7-14(8-6-13)17-9-3-4-12(2)16/h5-8,11H,3-4,9-10,15H2,1-2H3. The quantitative estimate of drug-likeness (QED) is 0.738. The van der Waals surface area contributed by atoms with Gasteiger partial charge in [0.15, 0.2) is 0 Å². The van der Waals surface area contributed by atoms with Gasteiger partial charge >= 0.3 is 0 Å². The fourth-order valence-electron chi connectivity index (χ4n) is 1.60. The van der Waals surface area contributed by atoms with E-state index in [1.54, 1.807) is 6.92 Å². The molecule has 3 heteroatoms. The molecular weight excluding hydrogens is 214 g/mol. The molecule has 1 rings (SSSR count). The van der Waals surface area contributed by atoms with Crippen LogP contribution in [-0.4, -0.2) is 18.4 Å². The van der Waals surface area contributed by atoms with Crippen molar-refractivity contribution in [2.75, 3.05) is 6.61 Å². The van der Waals surface area contributed by atoms with Crippen LogP contribution in [0.25, 0.3) is 0 Å². The zero-order valence-corrected chi connectivity index (χ0v) is 10.6. The molecule has 0 aliphatic heterocycles. The van der Waals surface area contributed by atoms with E-state index in [4.69, 9.17) is 10.5 Å². The second kappa shape index (κ2) is 7.07. The van der Waals surface area contributed by atoms with Gasteiger partial charge in [-0.25, -0.2) is 0 Å². The Balaban J connectivity index is 2.32. The van der Waals surface area contributed by atoms with Gasteiger partial charge in [0.2, 0.25) is 0 Å². The topological polar surface area (TPSA) is 52.3 Å². The average Bonchev–Trinajstić information content (AvgIpc) is 2.25. The summed E-state index contributed by atoms with van der Waals surface area (Å²) in [5.41, 5.74) is 6.94. The molecule has 0 heterocycles. The van der Waals surface area contributed by atoms with Gasteiger partial charge in [-0.15, -0.1) is 0 Å². The van der Waals surface area contributed by atoms with E-state index >= 15 is 0 Å². The van der Waals surface area contributed by atoms with Crippen molar-refractivity contribution in [2.24, 2.45) is 5.73 Å². The summed E-state index contributed by atoms with van der Waals surface area (Å²) in [6, 6.07) is 8.14. The molecule has 1 unspecified atom stereocenters. The summed E-state index contributed by atoms with van der Waals surface area (Å²) in [7, 11) is 0. The summed E-state index contributed by atoms with van der Waals surface area (Å²) >= 11 is 0. The first-order valence-corrected chi connectivity index (χ1v) is 6.04. The normalized spacial score (nSPS) is 12.2. The van der Waals surface area contributed by atoms with E-state index in [0.29, 0.717) is 13.0 Å². The zero-order chi connectivity index (χ0) is 12.7. The number of carbonyl (C=O) groups excluding carboxylic acids is 1. The Morgan fingerprint density at radius 3 is 2.53 bits per heavy atom. The van der Waals surface area contributed by atoms with Gasteiger partial charge in [-0.3, -0.25) is 0 Å². The monoisotopic (exact) mass is 235 g/mol. The molecule has 0 saturated carbocycles. The Morgan fingerprint density at radius 2 is 2.00 bits per heavy atom. The maximum Gasteiger partial charge on any atom is 0.129 e. The maximum absolute atomic E-state index is 10.7. The van der Waals surface area contributed by atoms with Gasteiger partial charge in [0.1, 0.15) is 11.5 Å². The van der Waals surface area contributed by atoms with Gasteiger partial charge < -0.3 is 15.3 Å². The first-order chi connectivity index (χ1) is 8.08. The Morgan fingerprint density at radius 1 is 1.35 bits per heavy atom. The summed E-state index contributed by atoms with van der Waals surface area (Å²) in [5.74, 6) is 1.06. The Hall–Kier alpha value is -1.35. The molecule has 17 heavy (non-hydrogen) atoms. The van der Waals surface area contributed by atoms with Crippen molar-refractivity contribution < 1.29 is 9.53 Å². The molecule has 0 fully saturated rings. The third kappa shape index (κ3) is 6.07. The molecule has 0 radical (unpaired) electrons. The van der Waals surface area contributed by atoms with E-state index in [1.165, 1.54) is 5.56 Å². The van der Waals surface area contributed by atoms with Crippen molar-refractivity contribution in [3.63, 3.8) is 0 Å². The van der Waals surface area contributed by atoms with Crippen molar-refractivity contribution in [1.29, 1.82) is 0 Å². The minimum Gasteiger partial charge on any atom is -0.494 e. The summed E-state index contributed by atoms with van der Waals surface area (Å²) in [6.45, 7) is 4.18. The van der Waals surface area contributed by atoms with Gasteiger partial charge in [0.05, 0.1) is 6.61 Å².